The standard InChI is InChI=1S/C39H51N5O6S/c1-6-43(17-16-40)28-18-24(2)35(25(3)19-28)50-22-32(46)41-30(20-26-12-8-7-9-13-26)34(47)38(49)44-23-51-39(4,5)36(44)37(48)42-33-29-15-11-10-14-27(29)21-31(33)45/h7-15,18-19,30-31,33-34,36,45,47H,6,16-17,20-23,40H2,1-5H3,(H,41,46)(H,42,48). The van der Waals surface area contributed by atoms with Crippen LogP contribution in [0, 0.1) is 13.8 Å². The molecule has 3 aromatic rings. The van der Waals surface area contributed by atoms with Gasteiger partial charge in [0.25, 0.3) is 11.8 Å². The second kappa shape index (κ2) is 16.5. The molecule has 0 saturated carbocycles. The molecule has 0 bridgehead atoms. The van der Waals surface area contributed by atoms with Crippen LogP contribution in [0.4, 0.5) is 5.69 Å². The van der Waals surface area contributed by atoms with Gasteiger partial charge in [0.1, 0.15) is 11.8 Å². The molecule has 3 amide bonds. The maximum atomic E-state index is 14.1. The number of aryl methyl sites for hydroxylation is 2. The maximum absolute atomic E-state index is 14.1. The fourth-order valence-electron chi connectivity index (χ4n) is 7.19. The summed E-state index contributed by atoms with van der Waals surface area (Å²) in [5.41, 5.74) is 11.2. The molecular weight excluding hydrogens is 667 g/mol. The van der Waals surface area contributed by atoms with Crippen LogP contribution in [0.3, 0.4) is 0 Å². The molecule has 0 radical (unpaired) electrons. The highest BCUT2D eigenvalue weighted by Crippen LogP contribution is 2.41. The lowest BCUT2D eigenvalue weighted by atomic mass is 9.96. The van der Waals surface area contributed by atoms with Crippen molar-refractivity contribution in [2.75, 3.05) is 37.0 Å². The summed E-state index contributed by atoms with van der Waals surface area (Å²) in [4.78, 5) is 45.0. The molecule has 2 aliphatic rings. The van der Waals surface area contributed by atoms with Gasteiger partial charge in [-0.25, -0.2) is 0 Å². The number of carbonyl (C=O) groups is 3. The average Bonchev–Trinajstić information content (AvgIpc) is 3.60. The van der Waals surface area contributed by atoms with E-state index in [1.807, 2.05) is 94.4 Å². The van der Waals surface area contributed by atoms with Gasteiger partial charge in [-0.1, -0.05) is 54.6 Å². The molecule has 11 nitrogen and oxygen atoms in total. The molecule has 12 heteroatoms. The predicted molar refractivity (Wildman–Crippen MR) is 201 cm³/mol. The first-order valence-corrected chi connectivity index (χ1v) is 18.5. The smallest absolute Gasteiger partial charge is 0.258 e. The molecule has 1 fully saturated rings. The molecule has 51 heavy (non-hydrogen) atoms. The summed E-state index contributed by atoms with van der Waals surface area (Å²) in [6.07, 6.45) is -1.85. The third kappa shape index (κ3) is 8.69. The highest BCUT2D eigenvalue weighted by Gasteiger charge is 2.50. The molecule has 5 atom stereocenters. The molecule has 1 aliphatic heterocycles. The molecule has 0 spiro atoms. The fourth-order valence-corrected chi connectivity index (χ4v) is 8.33. The molecule has 1 aliphatic carbocycles. The number of carbonyl (C=O) groups excluding carboxylic acids is 3. The van der Waals surface area contributed by atoms with E-state index >= 15 is 0 Å². The first-order chi connectivity index (χ1) is 24.3. The lowest BCUT2D eigenvalue weighted by molar-refractivity contribution is -0.148. The molecule has 274 valence electrons. The number of ether oxygens (including phenoxy) is 1. The van der Waals surface area contributed by atoms with Crippen molar-refractivity contribution < 1.29 is 29.3 Å². The first kappa shape index (κ1) is 38.1. The molecular formula is C39H51N5O6S. The number of thioether (sulfide) groups is 1. The molecule has 6 N–H and O–H groups in total. The molecule has 3 aromatic carbocycles. The van der Waals surface area contributed by atoms with Crippen LogP contribution >= 0.6 is 11.8 Å². The van der Waals surface area contributed by atoms with Crippen molar-refractivity contribution in [2.24, 2.45) is 5.73 Å². The van der Waals surface area contributed by atoms with E-state index in [2.05, 4.69) is 22.5 Å². The Bertz CT molecular complexity index is 1680. The van der Waals surface area contributed by atoms with E-state index in [-0.39, 0.29) is 18.9 Å². The van der Waals surface area contributed by atoms with Crippen LogP contribution in [0.25, 0.3) is 0 Å². The summed E-state index contributed by atoms with van der Waals surface area (Å²) in [6, 6.07) is 18.4. The number of hydrogen-bond donors (Lipinski definition) is 5. The Labute approximate surface area is 304 Å². The van der Waals surface area contributed by atoms with Gasteiger partial charge in [-0.2, -0.15) is 0 Å². The van der Waals surface area contributed by atoms with E-state index < -0.39 is 52.8 Å². The number of anilines is 1. The molecule has 1 saturated heterocycles. The minimum atomic E-state index is -1.65. The minimum absolute atomic E-state index is 0.173. The van der Waals surface area contributed by atoms with Crippen LogP contribution in [0.5, 0.6) is 5.75 Å². The summed E-state index contributed by atoms with van der Waals surface area (Å²) >= 11 is 1.43. The SMILES string of the molecule is CCN(CCN)c1cc(C)c(OCC(=O)NC(Cc2ccccc2)C(O)C(=O)N2CSC(C)(C)C2C(=O)NC2c3ccccc3CC2O)c(C)c1. The third-order valence-corrected chi connectivity index (χ3v) is 11.2. The maximum Gasteiger partial charge on any atom is 0.258 e. The summed E-state index contributed by atoms with van der Waals surface area (Å²) in [6.45, 7) is 11.4. The van der Waals surface area contributed by atoms with Gasteiger partial charge in [0.05, 0.1) is 24.1 Å². The van der Waals surface area contributed by atoms with E-state index in [9.17, 15) is 24.6 Å². The van der Waals surface area contributed by atoms with Gasteiger partial charge < -0.3 is 41.1 Å². The van der Waals surface area contributed by atoms with Crippen molar-refractivity contribution in [1.82, 2.24) is 15.5 Å². The Morgan fingerprint density at radius 1 is 1.08 bits per heavy atom. The van der Waals surface area contributed by atoms with Gasteiger partial charge in [0.2, 0.25) is 5.91 Å². The van der Waals surface area contributed by atoms with Crippen LogP contribution in [-0.4, -0.2) is 94.0 Å². The number of aliphatic hydroxyl groups is 2. The van der Waals surface area contributed by atoms with Gasteiger partial charge in [-0.3, -0.25) is 14.4 Å². The van der Waals surface area contributed by atoms with Crippen LogP contribution in [0.2, 0.25) is 0 Å². The number of likely N-dealkylation sites (N-methyl/N-ethyl adjacent to an activating group) is 1. The van der Waals surface area contributed by atoms with Crippen molar-refractivity contribution in [2.45, 2.75) is 82.5 Å². The van der Waals surface area contributed by atoms with E-state index in [0.717, 1.165) is 46.6 Å². The average molecular weight is 718 g/mol. The molecule has 5 rings (SSSR count). The first-order valence-electron chi connectivity index (χ1n) is 17.6. The van der Waals surface area contributed by atoms with Gasteiger partial charge in [0, 0.05) is 36.5 Å². The van der Waals surface area contributed by atoms with Crippen LogP contribution in [-0.2, 0) is 27.2 Å². The lowest BCUT2D eigenvalue weighted by Crippen LogP contribution is -2.59. The summed E-state index contributed by atoms with van der Waals surface area (Å²) in [5.74, 6) is -0.805. The number of amides is 3. The summed E-state index contributed by atoms with van der Waals surface area (Å²) < 4.78 is 5.33. The zero-order valence-electron chi connectivity index (χ0n) is 30.1. The topological polar surface area (TPSA) is 157 Å². The molecule has 5 unspecified atom stereocenters. The number of benzene rings is 3. The van der Waals surface area contributed by atoms with Crippen molar-refractivity contribution in [1.29, 1.82) is 0 Å². The number of nitrogens with one attached hydrogen (secondary N) is 2. The van der Waals surface area contributed by atoms with Gasteiger partial charge >= 0.3 is 0 Å². The fraction of sp³-hybridized carbons (Fsp3) is 0.462. The number of aliphatic hydroxyl groups excluding tert-OH is 2. The van der Waals surface area contributed by atoms with Crippen LogP contribution < -0.4 is 26.0 Å². The minimum Gasteiger partial charge on any atom is -0.483 e. The second-order valence-corrected chi connectivity index (χ2v) is 15.5. The van der Waals surface area contributed by atoms with E-state index in [1.54, 1.807) is 0 Å². The summed E-state index contributed by atoms with van der Waals surface area (Å²) in [5, 5.41) is 28.3. The normalized spacial score (nSPS) is 20.3. The Hall–Kier alpha value is -4.10. The number of hydrogen-bond acceptors (Lipinski definition) is 9. The second-order valence-electron chi connectivity index (χ2n) is 13.9. The van der Waals surface area contributed by atoms with Gasteiger partial charge in [0.15, 0.2) is 12.7 Å². The lowest BCUT2D eigenvalue weighted by Gasteiger charge is -2.34. The van der Waals surface area contributed by atoms with E-state index in [4.69, 9.17) is 10.5 Å². The van der Waals surface area contributed by atoms with Crippen molar-refractivity contribution in [3.8, 4) is 5.75 Å². The Balaban J connectivity index is 1.31. The van der Waals surface area contributed by atoms with Crippen molar-refractivity contribution >= 4 is 35.2 Å². The van der Waals surface area contributed by atoms with Crippen molar-refractivity contribution in [3.63, 3.8) is 0 Å². The van der Waals surface area contributed by atoms with Crippen LogP contribution in [0.15, 0.2) is 66.7 Å². The zero-order chi connectivity index (χ0) is 36.9. The zero-order valence-corrected chi connectivity index (χ0v) is 30.9. The number of nitrogens with zero attached hydrogens (tertiary/aromatic N) is 2. The third-order valence-electron chi connectivity index (χ3n) is 9.80. The molecule has 1 heterocycles. The Morgan fingerprint density at radius 3 is 2.41 bits per heavy atom. The summed E-state index contributed by atoms with van der Waals surface area (Å²) in [7, 11) is 0. The largest absolute Gasteiger partial charge is 0.483 e. The monoisotopic (exact) mass is 717 g/mol. The number of fused-ring (bicyclic) bond motifs is 1. The Morgan fingerprint density at radius 2 is 1.75 bits per heavy atom. The van der Waals surface area contributed by atoms with Gasteiger partial charge in [-0.15, -0.1) is 11.8 Å². The van der Waals surface area contributed by atoms with E-state index in [0.29, 0.717) is 18.7 Å². The van der Waals surface area contributed by atoms with Gasteiger partial charge in [-0.05, 0) is 81.0 Å². The number of nitrogens with two attached hydrogens (primary N) is 1. The van der Waals surface area contributed by atoms with Crippen LogP contribution in [0.1, 0.15) is 54.6 Å². The predicted octanol–water partition coefficient (Wildman–Crippen LogP) is 3.01. The quantitative estimate of drug-likeness (QED) is 0.169. The molecule has 0 aromatic heterocycles. The van der Waals surface area contributed by atoms with Crippen molar-refractivity contribution in [3.05, 3.63) is 94.5 Å². The number of rotatable bonds is 14. The highest BCUT2D eigenvalue weighted by atomic mass is 32.2. The highest BCUT2D eigenvalue weighted by molar-refractivity contribution is 8.00. The Kier molecular flexibility index (Phi) is 12.3. The van der Waals surface area contributed by atoms with E-state index in [1.165, 1.54) is 16.7 Å².